The zero-order valence-corrected chi connectivity index (χ0v) is 9.88. The largest absolute Gasteiger partial charge is 0.369 e. The van der Waals surface area contributed by atoms with E-state index in [0.717, 1.165) is 19.6 Å². The highest BCUT2D eigenvalue weighted by Gasteiger charge is 2.15. The van der Waals surface area contributed by atoms with Gasteiger partial charge in [-0.15, -0.1) is 0 Å². The Kier molecular flexibility index (Phi) is 2.96. The zero-order valence-electron chi connectivity index (χ0n) is 9.88. The van der Waals surface area contributed by atoms with Gasteiger partial charge in [0.05, 0.1) is 0 Å². The highest BCUT2D eigenvalue weighted by Crippen LogP contribution is 2.19. The molecule has 2 heteroatoms. The molecule has 0 bridgehead atoms. The van der Waals surface area contributed by atoms with Crippen LogP contribution in [0, 0.1) is 13.8 Å². The first-order valence-corrected chi connectivity index (χ1v) is 5.72. The first-order valence-electron chi connectivity index (χ1n) is 5.72. The molecule has 1 aromatic carbocycles. The molecule has 1 N–H and O–H groups in total. The summed E-state index contributed by atoms with van der Waals surface area (Å²) in [5.74, 6) is 0. The van der Waals surface area contributed by atoms with E-state index < -0.39 is 0 Å². The molecule has 15 heavy (non-hydrogen) atoms. The van der Waals surface area contributed by atoms with E-state index in [1.165, 1.54) is 16.8 Å². The van der Waals surface area contributed by atoms with Crippen LogP contribution in [0.1, 0.15) is 18.1 Å². The van der Waals surface area contributed by atoms with E-state index in [9.17, 15) is 0 Å². The van der Waals surface area contributed by atoms with Crippen molar-refractivity contribution in [2.24, 2.45) is 0 Å². The van der Waals surface area contributed by atoms with Crippen LogP contribution in [-0.4, -0.2) is 25.7 Å². The van der Waals surface area contributed by atoms with E-state index in [0.29, 0.717) is 6.04 Å². The number of rotatable bonds is 1. The van der Waals surface area contributed by atoms with Gasteiger partial charge in [0, 0.05) is 31.4 Å². The van der Waals surface area contributed by atoms with Crippen molar-refractivity contribution in [3.8, 4) is 0 Å². The van der Waals surface area contributed by atoms with Crippen LogP contribution in [0.25, 0.3) is 0 Å². The molecule has 0 saturated carbocycles. The second-order valence-corrected chi connectivity index (χ2v) is 4.57. The molecule has 0 amide bonds. The number of aryl methyl sites for hydroxylation is 2. The van der Waals surface area contributed by atoms with Crippen LogP contribution in [-0.2, 0) is 0 Å². The topological polar surface area (TPSA) is 15.3 Å². The second-order valence-electron chi connectivity index (χ2n) is 4.57. The number of benzene rings is 1. The average Bonchev–Trinajstić information content (AvgIpc) is 2.22. The van der Waals surface area contributed by atoms with E-state index in [1.54, 1.807) is 0 Å². The summed E-state index contributed by atoms with van der Waals surface area (Å²) >= 11 is 0. The maximum atomic E-state index is 3.47. The summed E-state index contributed by atoms with van der Waals surface area (Å²) in [5.41, 5.74) is 4.13. The third-order valence-corrected chi connectivity index (χ3v) is 3.22. The highest BCUT2D eigenvalue weighted by molar-refractivity contribution is 5.51. The van der Waals surface area contributed by atoms with E-state index in [2.05, 4.69) is 49.2 Å². The Bertz CT molecular complexity index is 346. The lowest BCUT2D eigenvalue weighted by Gasteiger charge is -2.34. The summed E-state index contributed by atoms with van der Waals surface area (Å²) in [6.07, 6.45) is 0. The van der Waals surface area contributed by atoms with Crippen LogP contribution in [0.5, 0.6) is 0 Å². The van der Waals surface area contributed by atoms with Crippen molar-refractivity contribution in [2.75, 3.05) is 24.5 Å². The molecule has 0 aliphatic carbocycles. The van der Waals surface area contributed by atoms with Crippen LogP contribution >= 0.6 is 0 Å². The Labute approximate surface area is 92.3 Å². The van der Waals surface area contributed by atoms with Crippen LogP contribution in [0.4, 0.5) is 5.69 Å². The van der Waals surface area contributed by atoms with Crippen molar-refractivity contribution >= 4 is 5.69 Å². The highest BCUT2D eigenvalue weighted by atomic mass is 15.2. The van der Waals surface area contributed by atoms with Crippen molar-refractivity contribution in [3.05, 3.63) is 29.3 Å². The molecule has 1 unspecified atom stereocenters. The van der Waals surface area contributed by atoms with Gasteiger partial charge in [-0.25, -0.2) is 0 Å². The molecule has 1 fully saturated rings. The number of anilines is 1. The van der Waals surface area contributed by atoms with E-state index >= 15 is 0 Å². The molecule has 0 radical (unpaired) electrons. The van der Waals surface area contributed by atoms with Crippen LogP contribution in [0.15, 0.2) is 18.2 Å². The first-order chi connectivity index (χ1) is 7.16. The predicted molar refractivity (Wildman–Crippen MR) is 65.6 cm³/mol. The number of piperazine rings is 1. The standard InChI is InChI=1S/C13H20N2/c1-10-4-5-13(8-11(10)2)15-7-6-14-12(3)9-15/h4-5,8,12,14H,6-7,9H2,1-3H3. The summed E-state index contributed by atoms with van der Waals surface area (Å²) < 4.78 is 0. The SMILES string of the molecule is Cc1ccc(N2CCNC(C)C2)cc1C. The maximum absolute atomic E-state index is 3.47. The quantitative estimate of drug-likeness (QED) is 0.753. The Morgan fingerprint density at radius 1 is 1.27 bits per heavy atom. The van der Waals surface area contributed by atoms with Crippen molar-refractivity contribution < 1.29 is 0 Å². The van der Waals surface area contributed by atoms with Crippen LogP contribution in [0.2, 0.25) is 0 Å². The maximum Gasteiger partial charge on any atom is 0.0370 e. The molecular weight excluding hydrogens is 184 g/mol. The molecule has 0 aromatic heterocycles. The molecule has 2 rings (SSSR count). The summed E-state index contributed by atoms with van der Waals surface area (Å²) in [6.45, 7) is 9.92. The predicted octanol–water partition coefficient (Wildman–Crippen LogP) is 2.10. The molecule has 2 nitrogen and oxygen atoms in total. The van der Waals surface area contributed by atoms with Gasteiger partial charge in [0.2, 0.25) is 0 Å². The second kappa shape index (κ2) is 4.23. The van der Waals surface area contributed by atoms with Gasteiger partial charge in [0.1, 0.15) is 0 Å². The number of nitrogens with one attached hydrogen (secondary N) is 1. The summed E-state index contributed by atoms with van der Waals surface area (Å²) in [4.78, 5) is 2.47. The Balaban J connectivity index is 2.18. The van der Waals surface area contributed by atoms with E-state index in [-0.39, 0.29) is 0 Å². The third-order valence-electron chi connectivity index (χ3n) is 3.22. The summed E-state index contributed by atoms with van der Waals surface area (Å²) in [5, 5.41) is 3.47. The van der Waals surface area contributed by atoms with Crippen molar-refractivity contribution in [1.82, 2.24) is 5.32 Å². The Hall–Kier alpha value is -1.02. The molecule has 1 aliphatic heterocycles. The Morgan fingerprint density at radius 3 is 2.73 bits per heavy atom. The number of nitrogens with zero attached hydrogens (tertiary/aromatic N) is 1. The fourth-order valence-corrected chi connectivity index (χ4v) is 2.09. The third kappa shape index (κ3) is 2.32. The van der Waals surface area contributed by atoms with Gasteiger partial charge >= 0.3 is 0 Å². The fourth-order valence-electron chi connectivity index (χ4n) is 2.09. The molecule has 1 aliphatic rings. The van der Waals surface area contributed by atoms with Gasteiger partial charge < -0.3 is 10.2 Å². The lowest BCUT2D eigenvalue weighted by molar-refractivity contribution is 0.485. The van der Waals surface area contributed by atoms with Gasteiger partial charge in [0.25, 0.3) is 0 Å². The van der Waals surface area contributed by atoms with Gasteiger partial charge in [-0.3, -0.25) is 0 Å². The lowest BCUT2D eigenvalue weighted by Crippen LogP contribution is -2.49. The van der Waals surface area contributed by atoms with Gasteiger partial charge in [-0.1, -0.05) is 6.07 Å². The number of hydrogen-bond donors (Lipinski definition) is 1. The number of hydrogen-bond acceptors (Lipinski definition) is 2. The minimum absolute atomic E-state index is 0.598. The first kappa shape index (κ1) is 10.5. The van der Waals surface area contributed by atoms with Gasteiger partial charge in [-0.2, -0.15) is 0 Å². The average molecular weight is 204 g/mol. The minimum Gasteiger partial charge on any atom is -0.369 e. The summed E-state index contributed by atoms with van der Waals surface area (Å²) in [7, 11) is 0. The molecule has 1 saturated heterocycles. The smallest absolute Gasteiger partial charge is 0.0370 e. The van der Waals surface area contributed by atoms with Crippen LogP contribution in [0.3, 0.4) is 0 Å². The minimum atomic E-state index is 0.598. The normalized spacial score (nSPS) is 21.8. The lowest BCUT2D eigenvalue weighted by atomic mass is 10.1. The van der Waals surface area contributed by atoms with Crippen molar-refractivity contribution in [1.29, 1.82) is 0 Å². The van der Waals surface area contributed by atoms with Crippen molar-refractivity contribution in [2.45, 2.75) is 26.8 Å². The molecule has 1 aromatic rings. The molecule has 1 heterocycles. The monoisotopic (exact) mass is 204 g/mol. The molecule has 82 valence electrons. The molecule has 1 atom stereocenters. The van der Waals surface area contributed by atoms with E-state index in [1.807, 2.05) is 0 Å². The van der Waals surface area contributed by atoms with Gasteiger partial charge in [-0.05, 0) is 44.0 Å². The zero-order chi connectivity index (χ0) is 10.8. The van der Waals surface area contributed by atoms with E-state index in [4.69, 9.17) is 0 Å². The Morgan fingerprint density at radius 2 is 2.07 bits per heavy atom. The molecular formula is C13H20N2. The summed E-state index contributed by atoms with van der Waals surface area (Å²) in [6, 6.07) is 7.35. The molecule has 0 spiro atoms. The fraction of sp³-hybridized carbons (Fsp3) is 0.538. The van der Waals surface area contributed by atoms with Gasteiger partial charge in [0.15, 0.2) is 0 Å². The van der Waals surface area contributed by atoms with Crippen molar-refractivity contribution in [3.63, 3.8) is 0 Å². The van der Waals surface area contributed by atoms with Crippen LogP contribution < -0.4 is 10.2 Å².